The highest BCUT2D eigenvalue weighted by Gasteiger charge is 2.18. The van der Waals surface area contributed by atoms with E-state index in [1.165, 1.54) is 19.1 Å². The van der Waals surface area contributed by atoms with E-state index in [1.807, 2.05) is 0 Å². The van der Waals surface area contributed by atoms with E-state index in [9.17, 15) is 13.2 Å². The average Bonchev–Trinajstić information content (AvgIpc) is 2.41. The molecule has 0 bridgehead atoms. The number of amides is 2. The molecule has 0 aromatic rings. The predicted molar refractivity (Wildman–Crippen MR) is 67.7 cm³/mol. The van der Waals surface area contributed by atoms with Gasteiger partial charge < -0.3 is 10.2 Å². The van der Waals surface area contributed by atoms with E-state index in [-0.39, 0.29) is 17.8 Å². The number of rotatable bonds is 3. The summed E-state index contributed by atoms with van der Waals surface area (Å²) in [5, 5.41) is 2.74. The number of urea groups is 1. The van der Waals surface area contributed by atoms with E-state index in [4.69, 9.17) is 0 Å². The molecule has 1 atom stereocenters. The van der Waals surface area contributed by atoms with Crippen molar-refractivity contribution in [2.24, 2.45) is 0 Å². The van der Waals surface area contributed by atoms with Gasteiger partial charge in [0.25, 0.3) is 0 Å². The van der Waals surface area contributed by atoms with Crippen molar-refractivity contribution in [3.8, 4) is 0 Å². The molecule has 0 saturated carbocycles. The van der Waals surface area contributed by atoms with Gasteiger partial charge in [0.2, 0.25) is 0 Å². The van der Waals surface area contributed by atoms with Crippen molar-refractivity contribution in [3.05, 3.63) is 0 Å². The molecule has 0 aromatic heterocycles. The molecule has 1 heterocycles. The van der Waals surface area contributed by atoms with Crippen LogP contribution in [-0.4, -0.2) is 50.5 Å². The average molecular weight is 262 g/mol. The van der Waals surface area contributed by atoms with Gasteiger partial charge >= 0.3 is 6.03 Å². The zero-order chi connectivity index (χ0) is 12.9. The number of sulfone groups is 1. The molecular weight excluding hydrogens is 240 g/mol. The minimum atomic E-state index is -3.04. The monoisotopic (exact) mass is 262 g/mol. The molecule has 1 unspecified atom stereocenters. The third-order valence-electron chi connectivity index (χ3n) is 2.82. The van der Waals surface area contributed by atoms with Crippen molar-refractivity contribution < 1.29 is 13.2 Å². The Kier molecular flexibility index (Phi) is 5.24. The highest BCUT2D eigenvalue weighted by Crippen LogP contribution is 2.09. The van der Waals surface area contributed by atoms with Gasteiger partial charge in [0.1, 0.15) is 9.84 Å². The van der Waals surface area contributed by atoms with Gasteiger partial charge in [0.15, 0.2) is 0 Å². The van der Waals surface area contributed by atoms with Gasteiger partial charge in [-0.3, -0.25) is 0 Å². The van der Waals surface area contributed by atoms with E-state index in [2.05, 4.69) is 5.32 Å². The summed E-state index contributed by atoms with van der Waals surface area (Å²) in [6.07, 6.45) is 5.59. The maximum Gasteiger partial charge on any atom is 0.317 e. The smallest absolute Gasteiger partial charge is 0.317 e. The lowest BCUT2D eigenvalue weighted by Gasteiger charge is -2.23. The Labute approximate surface area is 103 Å². The Balaban J connectivity index is 2.42. The predicted octanol–water partition coefficient (Wildman–Crippen LogP) is 1.01. The van der Waals surface area contributed by atoms with Crippen LogP contribution in [0, 0.1) is 0 Å². The highest BCUT2D eigenvalue weighted by atomic mass is 32.2. The second-order valence-corrected chi connectivity index (χ2v) is 7.03. The summed E-state index contributed by atoms with van der Waals surface area (Å²) in [5.74, 6) is -0.00736. The number of hydrogen-bond acceptors (Lipinski definition) is 3. The first kappa shape index (κ1) is 14.3. The van der Waals surface area contributed by atoms with Gasteiger partial charge in [-0.05, 0) is 19.8 Å². The fourth-order valence-electron chi connectivity index (χ4n) is 2.07. The van der Waals surface area contributed by atoms with Crippen LogP contribution in [0.1, 0.15) is 32.6 Å². The molecule has 1 aliphatic heterocycles. The summed E-state index contributed by atoms with van der Waals surface area (Å²) in [6.45, 7) is 3.27. The molecule has 0 spiro atoms. The van der Waals surface area contributed by atoms with Crippen molar-refractivity contribution in [1.82, 2.24) is 10.2 Å². The molecule has 0 aromatic carbocycles. The zero-order valence-electron chi connectivity index (χ0n) is 10.6. The number of likely N-dealkylation sites (tertiary alicyclic amines) is 1. The van der Waals surface area contributed by atoms with Crippen molar-refractivity contribution in [2.45, 2.75) is 38.6 Å². The molecule has 100 valence electrons. The van der Waals surface area contributed by atoms with Crippen molar-refractivity contribution in [1.29, 1.82) is 0 Å². The largest absolute Gasteiger partial charge is 0.335 e. The summed E-state index contributed by atoms with van der Waals surface area (Å²) in [6, 6.07) is -0.469. The lowest BCUT2D eigenvalue weighted by atomic mass is 10.2. The first-order valence-electron chi connectivity index (χ1n) is 6.11. The number of hydrogen-bond donors (Lipinski definition) is 1. The minimum absolute atomic E-state index is 0.00736. The molecule has 1 aliphatic rings. The Morgan fingerprint density at radius 1 is 1.24 bits per heavy atom. The Morgan fingerprint density at radius 2 is 1.76 bits per heavy atom. The topological polar surface area (TPSA) is 66.5 Å². The van der Waals surface area contributed by atoms with Gasteiger partial charge in [-0.1, -0.05) is 12.8 Å². The summed E-state index contributed by atoms with van der Waals surface area (Å²) in [4.78, 5) is 13.7. The van der Waals surface area contributed by atoms with Crippen LogP contribution in [0.3, 0.4) is 0 Å². The van der Waals surface area contributed by atoms with Crippen LogP contribution in [0.4, 0.5) is 4.79 Å². The summed E-state index contributed by atoms with van der Waals surface area (Å²) >= 11 is 0. The van der Waals surface area contributed by atoms with Gasteiger partial charge in [-0.25, -0.2) is 13.2 Å². The molecule has 1 rings (SSSR count). The quantitative estimate of drug-likeness (QED) is 0.825. The lowest BCUT2D eigenvalue weighted by Crippen LogP contribution is -2.46. The van der Waals surface area contributed by atoms with Crippen LogP contribution in [0.2, 0.25) is 0 Å². The Morgan fingerprint density at radius 3 is 2.24 bits per heavy atom. The molecule has 5 nitrogen and oxygen atoms in total. The highest BCUT2D eigenvalue weighted by molar-refractivity contribution is 7.90. The molecule has 1 fully saturated rings. The van der Waals surface area contributed by atoms with Crippen LogP contribution in [0.15, 0.2) is 0 Å². The van der Waals surface area contributed by atoms with Crippen molar-refractivity contribution in [2.75, 3.05) is 25.1 Å². The van der Waals surface area contributed by atoms with Crippen LogP contribution in [0.25, 0.3) is 0 Å². The SMILES string of the molecule is CC(CS(C)(=O)=O)NC(=O)N1CCCCCC1. The molecular formula is C11H22N2O3S. The second kappa shape index (κ2) is 6.23. The normalized spacial score (nSPS) is 19.5. The molecule has 17 heavy (non-hydrogen) atoms. The van der Waals surface area contributed by atoms with Crippen LogP contribution in [0.5, 0.6) is 0 Å². The van der Waals surface area contributed by atoms with E-state index < -0.39 is 9.84 Å². The summed E-state index contributed by atoms with van der Waals surface area (Å²) in [5.41, 5.74) is 0. The third kappa shape index (κ3) is 5.91. The van der Waals surface area contributed by atoms with Gasteiger partial charge in [-0.15, -0.1) is 0 Å². The van der Waals surface area contributed by atoms with Crippen LogP contribution >= 0.6 is 0 Å². The first-order chi connectivity index (χ1) is 7.88. The maximum absolute atomic E-state index is 11.9. The maximum atomic E-state index is 11.9. The molecule has 0 radical (unpaired) electrons. The zero-order valence-corrected chi connectivity index (χ0v) is 11.4. The van der Waals surface area contributed by atoms with Gasteiger partial charge in [-0.2, -0.15) is 0 Å². The van der Waals surface area contributed by atoms with Crippen LogP contribution in [-0.2, 0) is 9.84 Å². The van der Waals surface area contributed by atoms with Gasteiger partial charge in [0.05, 0.1) is 5.75 Å². The molecule has 1 N–H and O–H groups in total. The fraction of sp³-hybridized carbons (Fsp3) is 0.909. The Hall–Kier alpha value is -0.780. The minimum Gasteiger partial charge on any atom is -0.335 e. The Bertz CT molecular complexity index is 346. The van der Waals surface area contributed by atoms with Crippen molar-refractivity contribution in [3.63, 3.8) is 0 Å². The summed E-state index contributed by atoms with van der Waals surface area (Å²) < 4.78 is 22.2. The van der Waals surface area contributed by atoms with E-state index in [1.54, 1.807) is 11.8 Å². The summed E-state index contributed by atoms with van der Waals surface area (Å²) in [7, 11) is -3.04. The molecule has 2 amide bonds. The first-order valence-corrected chi connectivity index (χ1v) is 8.18. The number of carbonyl (C=O) groups is 1. The van der Waals surface area contributed by atoms with Crippen molar-refractivity contribution >= 4 is 15.9 Å². The fourth-order valence-corrected chi connectivity index (χ4v) is 3.06. The molecule has 0 aliphatic carbocycles. The van der Waals surface area contributed by atoms with E-state index in [0.717, 1.165) is 25.9 Å². The molecule has 1 saturated heterocycles. The standard InChI is InChI=1S/C11H22N2O3S/c1-10(9-17(2,15)16)12-11(14)13-7-5-3-4-6-8-13/h10H,3-9H2,1-2H3,(H,12,14). The molecule has 6 heteroatoms. The number of carbonyl (C=O) groups excluding carboxylic acids is 1. The lowest BCUT2D eigenvalue weighted by molar-refractivity contribution is 0.197. The number of nitrogens with zero attached hydrogens (tertiary/aromatic N) is 1. The van der Waals surface area contributed by atoms with E-state index >= 15 is 0 Å². The van der Waals surface area contributed by atoms with Gasteiger partial charge in [0, 0.05) is 25.4 Å². The third-order valence-corrected chi connectivity index (χ3v) is 3.92. The second-order valence-electron chi connectivity index (χ2n) is 4.84. The van der Waals surface area contributed by atoms with Crippen LogP contribution < -0.4 is 5.32 Å². The van der Waals surface area contributed by atoms with E-state index in [0.29, 0.717) is 0 Å². The number of nitrogens with one attached hydrogen (secondary N) is 1.